The van der Waals surface area contributed by atoms with Crippen LogP contribution in [-0.4, -0.2) is 4.98 Å². The number of alkyl halides is 2. The number of aromatic nitrogens is 1. The lowest BCUT2D eigenvalue weighted by atomic mass is 10.1. The predicted molar refractivity (Wildman–Crippen MR) is 59.1 cm³/mol. The molecule has 0 unspecified atom stereocenters. The van der Waals surface area contributed by atoms with Gasteiger partial charge in [-0.2, -0.15) is 5.26 Å². The van der Waals surface area contributed by atoms with Crippen LogP contribution in [-0.2, 0) is 13.0 Å². The standard InChI is InChI=1S/C9H8F2IN3/c10-9(11)8-6(1-2-13)7(12)5(3-14)4-15-8/h4,9H,1,3,14H2. The van der Waals surface area contributed by atoms with Crippen LogP contribution in [0.3, 0.4) is 0 Å². The van der Waals surface area contributed by atoms with E-state index in [1.165, 1.54) is 6.20 Å². The molecule has 15 heavy (non-hydrogen) atoms. The molecule has 0 fully saturated rings. The van der Waals surface area contributed by atoms with Crippen molar-refractivity contribution in [1.29, 1.82) is 5.26 Å². The number of hydrogen-bond donors (Lipinski definition) is 1. The maximum atomic E-state index is 12.6. The third-order valence-electron chi connectivity index (χ3n) is 1.90. The van der Waals surface area contributed by atoms with E-state index in [-0.39, 0.29) is 24.2 Å². The summed E-state index contributed by atoms with van der Waals surface area (Å²) in [7, 11) is 0. The molecule has 0 saturated carbocycles. The zero-order valence-corrected chi connectivity index (χ0v) is 9.83. The summed E-state index contributed by atoms with van der Waals surface area (Å²) in [5.74, 6) is 0. The molecule has 1 heterocycles. The molecule has 0 amide bonds. The lowest BCUT2D eigenvalue weighted by molar-refractivity contribution is 0.145. The molecular weight excluding hydrogens is 315 g/mol. The number of nitriles is 1. The van der Waals surface area contributed by atoms with Gasteiger partial charge in [-0.1, -0.05) is 0 Å². The van der Waals surface area contributed by atoms with E-state index in [1.54, 1.807) is 0 Å². The van der Waals surface area contributed by atoms with Gasteiger partial charge in [-0.15, -0.1) is 0 Å². The fourth-order valence-corrected chi connectivity index (χ4v) is 1.99. The van der Waals surface area contributed by atoms with Gasteiger partial charge in [-0.25, -0.2) is 8.78 Å². The van der Waals surface area contributed by atoms with Crippen molar-refractivity contribution < 1.29 is 8.78 Å². The zero-order chi connectivity index (χ0) is 11.4. The Morgan fingerprint density at radius 3 is 2.73 bits per heavy atom. The molecule has 2 N–H and O–H groups in total. The fourth-order valence-electron chi connectivity index (χ4n) is 1.17. The molecule has 6 heteroatoms. The maximum Gasteiger partial charge on any atom is 0.280 e. The largest absolute Gasteiger partial charge is 0.326 e. The molecular formula is C9H8F2IN3. The van der Waals surface area contributed by atoms with Gasteiger partial charge in [0, 0.05) is 21.9 Å². The number of nitrogens with zero attached hydrogens (tertiary/aromatic N) is 2. The van der Waals surface area contributed by atoms with E-state index in [0.717, 1.165) is 0 Å². The number of nitrogens with two attached hydrogens (primary N) is 1. The van der Waals surface area contributed by atoms with Crippen molar-refractivity contribution in [3.05, 3.63) is 26.6 Å². The highest BCUT2D eigenvalue weighted by Crippen LogP contribution is 2.26. The lowest BCUT2D eigenvalue weighted by Crippen LogP contribution is -2.07. The van der Waals surface area contributed by atoms with E-state index in [1.807, 2.05) is 28.7 Å². The van der Waals surface area contributed by atoms with Gasteiger partial charge in [0.2, 0.25) is 0 Å². The Hall–Kier alpha value is -0.810. The average Bonchev–Trinajstić information content (AvgIpc) is 2.20. The summed E-state index contributed by atoms with van der Waals surface area (Å²) < 4.78 is 25.7. The monoisotopic (exact) mass is 323 g/mol. The summed E-state index contributed by atoms with van der Waals surface area (Å²) in [4.78, 5) is 3.64. The quantitative estimate of drug-likeness (QED) is 0.867. The predicted octanol–water partition coefficient (Wildman–Crippen LogP) is 2.15. The minimum Gasteiger partial charge on any atom is -0.326 e. The van der Waals surface area contributed by atoms with Crippen LogP contribution in [0.25, 0.3) is 0 Å². The Morgan fingerprint density at radius 1 is 1.60 bits per heavy atom. The highest BCUT2D eigenvalue weighted by molar-refractivity contribution is 14.1. The van der Waals surface area contributed by atoms with Crippen molar-refractivity contribution >= 4 is 22.6 Å². The third kappa shape index (κ3) is 2.60. The van der Waals surface area contributed by atoms with Gasteiger partial charge < -0.3 is 5.73 Å². The average molecular weight is 323 g/mol. The minimum atomic E-state index is -2.66. The molecule has 1 aromatic rings. The molecule has 0 aliphatic rings. The molecule has 0 bridgehead atoms. The van der Waals surface area contributed by atoms with Gasteiger partial charge in [-0.05, 0) is 28.2 Å². The molecule has 0 atom stereocenters. The molecule has 3 nitrogen and oxygen atoms in total. The Balaban J connectivity index is 3.32. The van der Waals surface area contributed by atoms with Gasteiger partial charge >= 0.3 is 0 Å². The summed E-state index contributed by atoms with van der Waals surface area (Å²) in [5.41, 5.74) is 6.08. The van der Waals surface area contributed by atoms with Gasteiger partial charge in [0.1, 0.15) is 5.69 Å². The summed E-state index contributed by atoms with van der Waals surface area (Å²) in [6.45, 7) is 0.229. The number of rotatable bonds is 3. The van der Waals surface area contributed by atoms with Gasteiger partial charge in [0.05, 0.1) is 12.5 Å². The van der Waals surface area contributed by atoms with Crippen LogP contribution in [0.4, 0.5) is 8.78 Å². The number of pyridine rings is 1. The highest BCUT2D eigenvalue weighted by atomic mass is 127. The SMILES string of the molecule is N#CCc1c(C(F)F)ncc(CN)c1I. The van der Waals surface area contributed by atoms with E-state index in [0.29, 0.717) is 9.13 Å². The highest BCUT2D eigenvalue weighted by Gasteiger charge is 2.18. The first-order valence-electron chi connectivity index (χ1n) is 4.13. The van der Waals surface area contributed by atoms with E-state index >= 15 is 0 Å². The van der Waals surface area contributed by atoms with Gasteiger partial charge in [-0.3, -0.25) is 4.98 Å². The summed E-state index contributed by atoms with van der Waals surface area (Å²) >= 11 is 1.92. The lowest BCUT2D eigenvalue weighted by Gasteiger charge is -2.10. The van der Waals surface area contributed by atoms with Crippen LogP contribution in [0.1, 0.15) is 23.2 Å². The van der Waals surface area contributed by atoms with Crippen LogP contribution in [0, 0.1) is 14.9 Å². The Morgan fingerprint density at radius 2 is 2.27 bits per heavy atom. The molecule has 0 saturated heterocycles. The molecule has 80 valence electrons. The number of hydrogen-bond acceptors (Lipinski definition) is 3. The van der Waals surface area contributed by atoms with E-state index in [2.05, 4.69) is 4.98 Å². The molecule has 0 aromatic carbocycles. The van der Waals surface area contributed by atoms with Crippen LogP contribution in [0.15, 0.2) is 6.20 Å². The second kappa shape index (κ2) is 5.32. The van der Waals surface area contributed by atoms with Gasteiger partial charge in [0.15, 0.2) is 0 Å². The van der Waals surface area contributed by atoms with Crippen molar-refractivity contribution in [3.8, 4) is 6.07 Å². The first-order chi connectivity index (χ1) is 7.11. The van der Waals surface area contributed by atoms with Crippen molar-refractivity contribution in [3.63, 3.8) is 0 Å². The third-order valence-corrected chi connectivity index (χ3v) is 3.24. The summed E-state index contributed by atoms with van der Waals surface area (Å²) in [6.07, 6.45) is -1.39. The second-order valence-corrected chi connectivity index (χ2v) is 3.88. The fraction of sp³-hybridized carbons (Fsp3) is 0.333. The number of halogens is 3. The van der Waals surface area contributed by atoms with Crippen molar-refractivity contribution in [1.82, 2.24) is 4.98 Å². The molecule has 0 aliphatic heterocycles. The van der Waals surface area contributed by atoms with E-state index in [4.69, 9.17) is 11.0 Å². The summed E-state index contributed by atoms with van der Waals surface area (Å²) in [6, 6.07) is 1.85. The maximum absolute atomic E-state index is 12.6. The zero-order valence-electron chi connectivity index (χ0n) is 7.67. The summed E-state index contributed by atoms with van der Waals surface area (Å²) in [5, 5.41) is 8.56. The smallest absolute Gasteiger partial charge is 0.280 e. The molecule has 0 spiro atoms. The van der Waals surface area contributed by atoms with Crippen LogP contribution in [0.2, 0.25) is 0 Å². The normalized spacial score (nSPS) is 10.4. The van der Waals surface area contributed by atoms with Crippen LogP contribution in [0.5, 0.6) is 0 Å². The Kier molecular flexibility index (Phi) is 4.35. The minimum absolute atomic E-state index is 0.0706. The first kappa shape index (κ1) is 12.3. The second-order valence-electron chi connectivity index (χ2n) is 2.80. The van der Waals surface area contributed by atoms with Gasteiger partial charge in [0.25, 0.3) is 6.43 Å². The Labute approximate surface area is 99.4 Å². The van der Waals surface area contributed by atoms with E-state index < -0.39 is 6.43 Å². The molecule has 1 rings (SSSR count). The molecule has 0 aliphatic carbocycles. The van der Waals surface area contributed by atoms with E-state index in [9.17, 15) is 8.78 Å². The molecule has 1 aromatic heterocycles. The van der Waals surface area contributed by atoms with Crippen LogP contribution >= 0.6 is 22.6 Å². The van der Waals surface area contributed by atoms with Crippen molar-refractivity contribution in [2.24, 2.45) is 5.73 Å². The Bertz CT molecular complexity index is 401. The molecule has 0 radical (unpaired) electrons. The topological polar surface area (TPSA) is 62.7 Å². The van der Waals surface area contributed by atoms with Crippen LogP contribution < -0.4 is 5.73 Å². The first-order valence-corrected chi connectivity index (χ1v) is 5.21. The van der Waals surface area contributed by atoms with Crippen molar-refractivity contribution in [2.45, 2.75) is 19.4 Å². The van der Waals surface area contributed by atoms with Crippen molar-refractivity contribution in [2.75, 3.05) is 0 Å².